The molecule has 1 aromatic rings. The molecule has 0 amide bonds. The van der Waals surface area contributed by atoms with Crippen LogP contribution in [0.3, 0.4) is 0 Å². The van der Waals surface area contributed by atoms with Crippen molar-refractivity contribution in [2.24, 2.45) is 0 Å². The van der Waals surface area contributed by atoms with Gasteiger partial charge in [0.2, 0.25) is 0 Å². The molecule has 1 N–H and O–H groups in total. The van der Waals surface area contributed by atoms with Gasteiger partial charge in [0.1, 0.15) is 12.1 Å². The topological polar surface area (TPSA) is 29.1 Å². The van der Waals surface area contributed by atoms with Crippen LogP contribution in [0.25, 0.3) is 0 Å². The van der Waals surface area contributed by atoms with Crippen molar-refractivity contribution in [3.63, 3.8) is 0 Å². The van der Waals surface area contributed by atoms with Crippen molar-refractivity contribution in [1.29, 1.82) is 0 Å². The number of carbonyl (C=O) groups excluding carboxylic acids is 1. The Kier molecular flexibility index (Phi) is 2.80. The Bertz CT molecular complexity index is 286. The van der Waals surface area contributed by atoms with Crippen LogP contribution in [0.2, 0.25) is 0 Å². The number of carbonyl (C=O) groups is 1. The largest absolute Gasteiger partial charge is 0.378 e. The average molecular weight is 167 g/mol. The van der Waals surface area contributed by atoms with E-state index in [1.165, 1.54) is 6.07 Å². The number of nitrogens with one attached hydrogen (secondary N) is 1. The van der Waals surface area contributed by atoms with Crippen LogP contribution in [-0.2, 0) is 4.79 Å². The minimum atomic E-state index is -0.230. The Hall–Kier alpha value is -1.38. The fourth-order valence-corrected chi connectivity index (χ4v) is 0.914. The summed E-state index contributed by atoms with van der Waals surface area (Å²) in [5.41, 5.74) is 1.34. The predicted molar refractivity (Wildman–Crippen MR) is 45.7 cm³/mol. The lowest BCUT2D eigenvalue weighted by Crippen LogP contribution is -2.02. The third-order valence-electron chi connectivity index (χ3n) is 1.55. The SMILES string of the molecule is Cc1cc(NCC=O)ccc1F. The normalized spacial score (nSPS) is 9.50. The van der Waals surface area contributed by atoms with Gasteiger partial charge in [-0.1, -0.05) is 0 Å². The molecular formula is C9H10FNO. The number of hydrogen-bond acceptors (Lipinski definition) is 2. The number of benzene rings is 1. The number of aryl methyl sites for hydroxylation is 1. The summed E-state index contributed by atoms with van der Waals surface area (Å²) in [6.07, 6.45) is 0.763. The monoisotopic (exact) mass is 167 g/mol. The lowest BCUT2D eigenvalue weighted by atomic mass is 10.2. The second kappa shape index (κ2) is 3.85. The summed E-state index contributed by atoms with van der Waals surface area (Å²) in [5.74, 6) is -0.230. The fraction of sp³-hybridized carbons (Fsp3) is 0.222. The van der Waals surface area contributed by atoms with E-state index < -0.39 is 0 Å². The summed E-state index contributed by atoms with van der Waals surface area (Å²) in [6, 6.07) is 4.65. The second-order valence-electron chi connectivity index (χ2n) is 2.51. The van der Waals surface area contributed by atoms with Crippen molar-refractivity contribution >= 4 is 12.0 Å². The zero-order valence-electron chi connectivity index (χ0n) is 6.80. The molecular weight excluding hydrogens is 157 g/mol. The van der Waals surface area contributed by atoms with Gasteiger partial charge in [-0.15, -0.1) is 0 Å². The molecule has 0 fully saturated rings. The van der Waals surface area contributed by atoms with Crippen LogP contribution >= 0.6 is 0 Å². The predicted octanol–water partition coefficient (Wildman–Crippen LogP) is 1.74. The minimum Gasteiger partial charge on any atom is -0.378 e. The van der Waals surface area contributed by atoms with E-state index in [-0.39, 0.29) is 12.4 Å². The van der Waals surface area contributed by atoms with E-state index in [2.05, 4.69) is 5.32 Å². The van der Waals surface area contributed by atoms with Gasteiger partial charge in [0, 0.05) is 5.69 Å². The first-order valence-electron chi connectivity index (χ1n) is 3.67. The van der Waals surface area contributed by atoms with E-state index in [1.54, 1.807) is 19.1 Å². The summed E-state index contributed by atoms with van der Waals surface area (Å²) >= 11 is 0. The molecule has 0 atom stereocenters. The number of anilines is 1. The maximum Gasteiger partial charge on any atom is 0.139 e. The molecule has 0 aliphatic carbocycles. The van der Waals surface area contributed by atoms with Crippen LogP contribution in [0.5, 0.6) is 0 Å². The number of hydrogen-bond donors (Lipinski definition) is 1. The van der Waals surface area contributed by atoms with Crippen LogP contribution in [0.4, 0.5) is 10.1 Å². The number of aldehydes is 1. The Morgan fingerprint density at radius 1 is 1.58 bits per heavy atom. The molecule has 0 radical (unpaired) electrons. The fourth-order valence-electron chi connectivity index (χ4n) is 0.914. The highest BCUT2D eigenvalue weighted by atomic mass is 19.1. The summed E-state index contributed by atoms with van der Waals surface area (Å²) in [6.45, 7) is 1.94. The number of rotatable bonds is 3. The molecule has 0 spiro atoms. The molecule has 64 valence electrons. The Morgan fingerprint density at radius 3 is 2.92 bits per heavy atom. The molecule has 0 saturated carbocycles. The molecule has 2 nitrogen and oxygen atoms in total. The molecule has 0 heterocycles. The van der Waals surface area contributed by atoms with E-state index in [0.29, 0.717) is 5.56 Å². The highest BCUT2D eigenvalue weighted by Gasteiger charge is 1.96. The van der Waals surface area contributed by atoms with E-state index in [0.717, 1.165) is 12.0 Å². The van der Waals surface area contributed by atoms with Crippen LogP contribution in [0, 0.1) is 12.7 Å². The van der Waals surface area contributed by atoms with Crippen LogP contribution in [0.1, 0.15) is 5.56 Å². The van der Waals surface area contributed by atoms with Gasteiger partial charge in [0.25, 0.3) is 0 Å². The molecule has 1 rings (SSSR count). The second-order valence-corrected chi connectivity index (χ2v) is 2.51. The molecule has 0 aliphatic heterocycles. The van der Waals surface area contributed by atoms with E-state index in [4.69, 9.17) is 0 Å². The summed E-state index contributed by atoms with van der Waals surface area (Å²) in [4.78, 5) is 9.99. The highest BCUT2D eigenvalue weighted by molar-refractivity contribution is 5.59. The molecule has 12 heavy (non-hydrogen) atoms. The van der Waals surface area contributed by atoms with E-state index in [1.807, 2.05) is 0 Å². The Morgan fingerprint density at radius 2 is 2.33 bits per heavy atom. The molecule has 1 aromatic carbocycles. The summed E-state index contributed by atoms with van der Waals surface area (Å²) in [5, 5.41) is 2.83. The third-order valence-corrected chi connectivity index (χ3v) is 1.55. The maximum absolute atomic E-state index is 12.7. The van der Waals surface area contributed by atoms with Crippen molar-refractivity contribution in [2.75, 3.05) is 11.9 Å². The standard InChI is InChI=1S/C9H10FNO/c1-7-6-8(11-4-5-12)2-3-9(7)10/h2-3,5-6,11H,4H2,1H3. The van der Waals surface area contributed by atoms with Gasteiger partial charge in [-0.2, -0.15) is 0 Å². The molecule has 0 aliphatic rings. The quantitative estimate of drug-likeness (QED) is 0.695. The smallest absolute Gasteiger partial charge is 0.139 e. The maximum atomic E-state index is 12.7. The number of halogens is 1. The summed E-state index contributed by atoms with van der Waals surface area (Å²) < 4.78 is 12.7. The molecule has 0 bridgehead atoms. The first-order valence-corrected chi connectivity index (χ1v) is 3.67. The van der Waals surface area contributed by atoms with E-state index >= 15 is 0 Å². The lowest BCUT2D eigenvalue weighted by Gasteiger charge is -2.03. The van der Waals surface area contributed by atoms with Crippen molar-refractivity contribution in [3.05, 3.63) is 29.6 Å². The third kappa shape index (κ3) is 2.05. The van der Waals surface area contributed by atoms with Gasteiger partial charge < -0.3 is 10.1 Å². The van der Waals surface area contributed by atoms with Crippen molar-refractivity contribution in [1.82, 2.24) is 0 Å². The Labute approximate surface area is 70.4 Å². The van der Waals surface area contributed by atoms with Crippen LogP contribution in [-0.4, -0.2) is 12.8 Å². The zero-order valence-corrected chi connectivity index (χ0v) is 6.80. The first kappa shape index (κ1) is 8.71. The van der Waals surface area contributed by atoms with Gasteiger partial charge in [-0.05, 0) is 30.7 Å². The van der Waals surface area contributed by atoms with E-state index in [9.17, 15) is 9.18 Å². The Balaban J connectivity index is 2.75. The van der Waals surface area contributed by atoms with Crippen LogP contribution < -0.4 is 5.32 Å². The minimum absolute atomic E-state index is 0.230. The van der Waals surface area contributed by atoms with Crippen molar-refractivity contribution < 1.29 is 9.18 Å². The van der Waals surface area contributed by atoms with Crippen molar-refractivity contribution in [3.8, 4) is 0 Å². The highest BCUT2D eigenvalue weighted by Crippen LogP contribution is 2.12. The molecule has 0 saturated heterocycles. The lowest BCUT2D eigenvalue weighted by molar-refractivity contribution is -0.106. The van der Waals surface area contributed by atoms with Crippen molar-refractivity contribution in [2.45, 2.75) is 6.92 Å². The van der Waals surface area contributed by atoms with Gasteiger partial charge in [0.15, 0.2) is 0 Å². The molecule has 3 heteroatoms. The zero-order chi connectivity index (χ0) is 8.97. The molecule has 0 aromatic heterocycles. The first-order chi connectivity index (χ1) is 5.74. The van der Waals surface area contributed by atoms with Gasteiger partial charge in [-0.25, -0.2) is 4.39 Å². The van der Waals surface area contributed by atoms with Gasteiger partial charge in [-0.3, -0.25) is 0 Å². The average Bonchev–Trinajstić information content (AvgIpc) is 2.07. The van der Waals surface area contributed by atoms with Gasteiger partial charge in [0.05, 0.1) is 6.54 Å². The summed E-state index contributed by atoms with van der Waals surface area (Å²) in [7, 11) is 0. The van der Waals surface area contributed by atoms with Gasteiger partial charge >= 0.3 is 0 Å². The van der Waals surface area contributed by atoms with Crippen LogP contribution in [0.15, 0.2) is 18.2 Å². The molecule has 0 unspecified atom stereocenters.